The highest BCUT2D eigenvalue weighted by Gasteiger charge is 2.34. The molecule has 0 aliphatic carbocycles. The minimum Gasteiger partial charge on any atom is -0.360 e. The van der Waals surface area contributed by atoms with Gasteiger partial charge in [-0.15, -0.1) is 0 Å². The van der Waals surface area contributed by atoms with E-state index in [1.165, 1.54) is 6.07 Å². The Hall–Kier alpha value is -2.74. The topological polar surface area (TPSA) is 70.4 Å². The van der Waals surface area contributed by atoms with Gasteiger partial charge in [0.25, 0.3) is 5.91 Å². The van der Waals surface area contributed by atoms with Gasteiger partial charge in [-0.2, -0.15) is 0 Å². The lowest BCUT2D eigenvalue weighted by molar-refractivity contribution is -0.113. The van der Waals surface area contributed by atoms with Gasteiger partial charge in [0.2, 0.25) is 0 Å². The van der Waals surface area contributed by atoms with Gasteiger partial charge in [0, 0.05) is 24.4 Å². The van der Waals surface area contributed by atoms with Gasteiger partial charge in [0.05, 0.1) is 11.6 Å². The fraction of sp³-hybridized carbons (Fsp3) is 0.235. The number of amides is 1. The summed E-state index contributed by atoms with van der Waals surface area (Å²) in [6.45, 7) is 3.49. The number of nitrogens with zero attached hydrogens (tertiary/aromatic N) is 2. The second-order valence-electron chi connectivity index (χ2n) is 5.74. The maximum atomic E-state index is 14.3. The van der Waals surface area contributed by atoms with Crippen LogP contribution in [0.1, 0.15) is 24.3 Å². The van der Waals surface area contributed by atoms with Crippen molar-refractivity contribution < 1.29 is 13.7 Å². The second kappa shape index (κ2) is 6.64. The smallest absolute Gasteiger partial charge is 0.257 e. The van der Waals surface area contributed by atoms with Crippen LogP contribution in [0, 0.1) is 12.7 Å². The van der Waals surface area contributed by atoms with E-state index in [2.05, 4.69) is 15.8 Å². The number of hydrogen-bond acceptors (Lipinski definition) is 4. The molecule has 3 rings (SSSR count). The lowest BCUT2D eigenvalue weighted by atomic mass is 9.94. The van der Waals surface area contributed by atoms with E-state index in [0.29, 0.717) is 33.5 Å². The molecule has 0 bridgehead atoms. The number of hydrogen-bond donors (Lipinski definition) is 2. The Bertz CT molecular complexity index is 877. The van der Waals surface area contributed by atoms with E-state index in [4.69, 9.17) is 16.7 Å². The third kappa shape index (κ3) is 3.25. The number of nitrogens with one attached hydrogen (secondary N) is 2. The summed E-state index contributed by atoms with van der Waals surface area (Å²) in [5.74, 6) is 0.0567. The third-order valence-corrected chi connectivity index (χ3v) is 4.48. The lowest BCUT2D eigenvalue weighted by Gasteiger charge is -2.35. The normalized spacial score (nSPS) is 17.5. The molecule has 6 nitrogen and oxygen atoms in total. The maximum Gasteiger partial charge on any atom is 0.257 e. The Morgan fingerprint density at radius 2 is 2.12 bits per heavy atom. The zero-order valence-electron chi connectivity index (χ0n) is 14.0. The van der Waals surface area contributed by atoms with Gasteiger partial charge in [-0.3, -0.25) is 4.79 Å². The van der Waals surface area contributed by atoms with Gasteiger partial charge in [-0.1, -0.05) is 23.4 Å². The standard InChI is InChI=1S/C17H17FN4O2S/c1-9-8-13(21-24-9)19-16(23)14-10(2)22(3)17(25)20-15(14)11-6-4-5-7-12(11)18/h4-8,15H,1-3H3,(H,20,25)(H,19,21,23). The Kier molecular flexibility index (Phi) is 4.54. The molecule has 1 aliphatic rings. The van der Waals surface area contributed by atoms with Crippen molar-refractivity contribution in [3.05, 3.63) is 58.7 Å². The average molecular weight is 360 g/mol. The first-order valence-corrected chi connectivity index (χ1v) is 8.03. The number of anilines is 1. The first-order chi connectivity index (χ1) is 11.9. The summed E-state index contributed by atoms with van der Waals surface area (Å²) in [7, 11) is 1.75. The molecule has 0 saturated carbocycles. The van der Waals surface area contributed by atoms with Crippen LogP contribution in [-0.4, -0.2) is 28.1 Å². The van der Waals surface area contributed by atoms with Gasteiger partial charge >= 0.3 is 0 Å². The SMILES string of the molecule is CC1=C(C(=O)Nc2cc(C)on2)C(c2ccccc2F)NC(=S)N1C. The molecule has 0 saturated heterocycles. The summed E-state index contributed by atoms with van der Waals surface area (Å²) in [4.78, 5) is 14.5. The number of aryl methyl sites for hydroxylation is 1. The molecule has 8 heteroatoms. The first-order valence-electron chi connectivity index (χ1n) is 7.62. The molecule has 2 heterocycles. The van der Waals surface area contributed by atoms with Crippen molar-refractivity contribution >= 4 is 29.1 Å². The molecule has 1 aromatic heterocycles. The number of allylic oxidation sites excluding steroid dienone is 1. The van der Waals surface area contributed by atoms with Crippen LogP contribution in [-0.2, 0) is 4.79 Å². The molecular formula is C17H17FN4O2S. The van der Waals surface area contributed by atoms with Crippen LogP contribution in [0.4, 0.5) is 10.2 Å². The predicted octanol–water partition coefficient (Wildman–Crippen LogP) is 2.90. The first kappa shape index (κ1) is 17.1. The lowest BCUT2D eigenvalue weighted by Crippen LogP contribution is -2.46. The average Bonchev–Trinajstić information content (AvgIpc) is 2.97. The number of thiocarbonyl (C=S) groups is 1. The van der Waals surface area contributed by atoms with Crippen LogP contribution in [0.25, 0.3) is 0 Å². The number of aromatic nitrogens is 1. The summed E-state index contributed by atoms with van der Waals surface area (Å²) in [6, 6.07) is 7.20. The number of benzene rings is 1. The van der Waals surface area contributed by atoms with Gasteiger partial charge < -0.3 is 20.1 Å². The number of carbonyl (C=O) groups excluding carboxylic acids is 1. The fourth-order valence-corrected chi connectivity index (χ4v) is 2.94. The van der Waals surface area contributed by atoms with Crippen molar-refractivity contribution in [2.24, 2.45) is 0 Å². The maximum absolute atomic E-state index is 14.3. The molecule has 1 amide bonds. The molecule has 1 atom stereocenters. The van der Waals surface area contributed by atoms with Gasteiger partial charge in [-0.05, 0) is 32.1 Å². The van der Waals surface area contributed by atoms with E-state index in [1.807, 2.05) is 0 Å². The van der Waals surface area contributed by atoms with Gasteiger partial charge in [-0.25, -0.2) is 4.39 Å². The molecule has 2 aromatic rings. The van der Waals surface area contributed by atoms with Crippen molar-refractivity contribution in [2.45, 2.75) is 19.9 Å². The highest BCUT2D eigenvalue weighted by molar-refractivity contribution is 7.80. The number of halogens is 1. The van der Waals surface area contributed by atoms with Crippen molar-refractivity contribution in [1.82, 2.24) is 15.4 Å². The van der Waals surface area contributed by atoms with E-state index in [1.54, 1.807) is 50.1 Å². The molecule has 2 N–H and O–H groups in total. The van der Waals surface area contributed by atoms with Crippen molar-refractivity contribution in [1.29, 1.82) is 0 Å². The third-order valence-electron chi connectivity index (χ3n) is 4.08. The van der Waals surface area contributed by atoms with E-state index in [-0.39, 0.29) is 0 Å². The Labute approximate surface area is 149 Å². The van der Waals surface area contributed by atoms with Crippen molar-refractivity contribution in [3.63, 3.8) is 0 Å². The van der Waals surface area contributed by atoms with Gasteiger partial charge in [0.1, 0.15) is 11.6 Å². The molecule has 130 valence electrons. The van der Waals surface area contributed by atoms with Crippen LogP contribution in [0.15, 0.2) is 46.1 Å². The van der Waals surface area contributed by atoms with E-state index in [0.717, 1.165) is 0 Å². The quantitative estimate of drug-likeness (QED) is 0.821. The summed E-state index contributed by atoms with van der Waals surface area (Å²) in [5, 5.41) is 9.89. The Morgan fingerprint density at radius 3 is 2.76 bits per heavy atom. The number of carbonyl (C=O) groups is 1. The summed E-state index contributed by atoms with van der Waals surface area (Å²) < 4.78 is 19.3. The summed E-state index contributed by atoms with van der Waals surface area (Å²) in [5.41, 5.74) is 1.34. The van der Waals surface area contributed by atoms with E-state index >= 15 is 0 Å². The van der Waals surface area contributed by atoms with Crippen LogP contribution in [0.2, 0.25) is 0 Å². The molecule has 0 fully saturated rings. The Balaban J connectivity index is 2.02. The van der Waals surface area contributed by atoms with Crippen molar-refractivity contribution in [2.75, 3.05) is 12.4 Å². The van der Waals surface area contributed by atoms with Crippen molar-refractivity contribution in [3.8, 4) is 0 Å². The highest BCUT2D eigenvalue weighted by atomic mass is 32.1. The minimum absolute atomic E-state index is 0.297. The fourth-order valence-electron chi connectivity index (χ4n) is 2.68. The zero-order valence-corrected chi connectivity index (χ0v) is 14.8. The molecule has 1 unspecified atom stereocenters. The monoisotopic (exact) mass is 360 g/mol. The molecule has 0 spiro atoms. The Morgan fingerprint density at radius 1 is 1.40 bits per heavy atom. The molecule has 1 aromatic carbocycles. The van der Waals surface area contributed by atoms with Gasteiger partial charge in [0.15, 0.2) is 10.9 Å². The largest absolute Gasteiger partial charge is 0.360 e. The zero-order chi connectivity index (χ0) is 18.1. The number of rotatable bonds is 3. The van der Waals surface area contributed by atoms with Crippen LogP contribution in [0.3, 0.4) is 0 Å². The van der Waals surface area contributed by atoms with E-state index in [9.17, 15) is 9.18 Å². The molecule has 25 heavy (non-hydrogen) atoms. The second-order valence-corrected chi connectivity index (χ2v) is 6.13. The molecule has 1 aliphatic heterocycles. The summed E-state index contributed by atoms with van der Waals surface area (Å²) >= 11 is 5.30. The van der Waals surface area contributed by atoms with Crippen LogP contribution >= 0.6 is 12.2 Å². The van der Waals surface area contributed by atoms with Crippen LogP contribution in [0.5, 0.6) is 0 Å². The molecule has 0 radical (unpaired) electrons. The predicted molar refractivity (Wildman–Crippen MR) is 95.2 cm³/mol. The van der Waals surface area contributed by atoms with Crippen LogP contribution < -0.4 is 10.6 Å². The highest BCUT2D eigenvalue weighted by Crippen LogP contribution is 2.32. The molecular weight excluding hydrogens is 343 g/mol. The summed E-state index contributed by atoms with van der Waals surface area (Å²) in [6.07, 6.45) is 0. The van der Waals surface area contributed by atoms with E-state index < -0.39 is 17.8 Å². The minimum atomic E-state index is -0.696.